The van der Waals surface area contributed by atoms with Gasteiger partial charge in [-0.15, -0.1) is 0 Å². The third-order valence-corrected chi connectivity index (χ3v) is 5.33. The van der Waals surface area contributed by atoms with E-state index in [1.165, 1.54) is 12.1 Å². The van der Waals surface area contributed by atoms with Gasteiger partial charge in [-0.2, -0.15) is 5.26 Å². The molecule has 2 aromatic rings. The molecule has 1 unspecified atom stereocenters. The molecule has 10 heteroatoms. The summed E-state index contributed by atoms with van der Waals surface area (Å²) in [5, 5.41) is 10.1. The summed E-state index contributed by atoms with van der Waals surface area (Å²) in [5.41, 5.74) is 7.12. The second kappa shape index (κ2) is 10.7. The third kappa shape index (κ3) is 4.94. The van der Waals surface area contributed by atoms with Crippen molar-refractivity contribution >= 4 is 17.6 Å². The Morgan fingerprint density at radius 3 is 2.34 bits per heavy atom. The van der Waals surface area contributed by atoms with E-state index in [4.69, 9.17) is 19.9 Å². The molecule has 0 fully saturated rings. The molecule has 0 aliphatic carbocycles. The van der Waals surface area contributed by atoms with Crippen LogP contribution in [0.25, 0.3) is 0 Å². The number of carbonyl (C=O) groups excluding carboxylic acids is 2. The van der Waals surface area contributed by atoms with Gasteiger partial charge in [-0.05, 0) is 30.2 Å². The Hall–Kier alpha value is -4.39. The van der Waals surface area contributed by atoms with E-state index in [0.717, 1.165) is 19.1 Å². The highest BCUT2D eigenvalue weighted by Crippen LogP contribution is 2.45. The van der Waals surface area contributed by atoms with Gasteiger partial charge >= 0.3 is 11.9 Å². The number of hydrogen-bond acceptors (Lipinski definition) is 8. The highest BCUT2D eigenvalue weighted by Gasteiger charge is 2.43. The van der Waals surface area contributed by atoms with Crippen LogP contribution in [0.5, 0.6) is 5.75 Å². The van der Waals surface area contributed by atoms with Crippen LogP contribution in [0.15, 0.2) is 71.2 Å². The lowest BCUT2D eigenvalue weighted by Crippen LogP contribution is -2.41. The molecular weight excluding hydrogens is 460 g/mol. The lowest BCUT2D eigenvalue weighted by atomic mass is 9.81. The van der Waals surface area contributed by atoms with E-state index in [1.807, 2.05) is 6.07 Å². The van der Waals surface area contributed by atoms with Crippen molar-refractivity contribution in [3.05, 3.63) is 82.3 Å². The van der Waals surface area contributed by atoms with Gasteiger partial charge in [-0.3, -0.25) is 4.90 Å². The number of alkyl halides is 2. The van der Waals surface area contributed by atoms with Gasteiger partial charge in [-0.25, -0.2) is 18.4 Å². The number of carbonyl (C=O) groups is 2. The van der Waals surface area contributed by atoms with Crippen molar-refractivity contribution in [2.45, 2.75) is 19.3 Å². The summed E-state index contributed by atoms with van der Waals surface area (Å²) in [7, 11) is 2.25. The van der Waals surface area contributed by atoms with E-state index < -0.39 is 30.9 Å². The van der Waals surface area contributed by atoms with Crippen LogP contribution in [0.3, 0.4) is 0 Å². The topological polar surface area (TPSA) is 115 Å². The van der Waals surface area contributed by atoms with Gasteiger partial charge in [-0.1, -0.05) is 36.4 Å². The predicted molar refractivity (Wildman–Crippen MR) is 122 cm³/mol. The first kappa shape index (κ1) is 25.2. The van der Waals surface area contributed by atoms with Crippen LogP contribution in [0.1, 0.15) is 17.0 Å². The van der Waals surface area contributed by atoms with Gasteiger partial charge in [0.1, 0.15) is 23.9 Å². The largest absolute Gasteiger partial charge is 0.485 e. The molecule has 1 aliphatic rings. The molecule has 2 N–H and O–H groups in total. The zero-order chi connectivity index (χ0) is 25.7. The Labute approximate surface area is 200 Å². The second-order valence-electron chi connectivity index (χ2n) is 7.51. The fraction of sp³-hybridized carbons (Fsp3) is 0.240. The molecule has 8 nitrogen and oxygen atoms in total. The molecule has 182 valence electrons. The molecule has 35 heavy (non-hydrogen) atoms. The number of halogens is 2. The number of ether oxygens (including phenoxy) is 3. The average molecular weight is 483 g/mol. The number of aryl methyl sites for hydroxylation is 1. The van der Waals surface area contributed by atoms with Gasteiger partial charge < -0.3 is 19.9 Å². The number of hydrogen-bond donors (Lipinski definition) is 1. The number of esters is 2. The Morgan fingerprint density at radius 2 is 1.77 bits per heavy atom. The minimum absolute atomic E-state index is 0.0417. The molecule has 0 saturated carbocycles. The molecule has 3 rings (SSSR count). The Balaban J connectivity index is 2.40. The Bertz CT molecular complexity index is 1240. The summed E-state index contributed by atoms with van der Waals surface area (Å²) in [6, 6.07) is 15.1. The van der Waals surface area contributed by atoms with Crippen LogP contribution in [-0.2, 0) is 19.1 Å². The maximum Gasteiger partial charge on any atom is 0.355 e. The van der Waals surface area contributed by atoms with Crippen molar-refractivity contribution in [1.29, 1.82) is 5.26 Å². The smallest absolute Gasteiger partial charge is 0.355 e. The van der Waals surface area contributed by atoms with Crippen molar-refractivity contribution < 1.29 is 32.6 Å². The summed E-state index contributed by atoms with van der Waals surface area (Å²) >= 11 is 0. The molecule has 0 aromatic heterocycles. The van der Waals surface area contributed by atoms with Crippen molar-refractivity contribution in [1.82, 2.24) is 0 Å². The number of benzene rings is 2. The number of methoxy groups -OCH3 is 2. The molecule has 1 atom stereocenters. The summed E-state index contributed by atoms with van der Waals surface area (Å²) in [5.74, 6) is -3.13. The standard InChI is InChI=1S/C25H23F2N3O5/c1-14-9-10-18(35-13-19(26)27)17(11-14)30-22(25(32)34-3)21(24(31)33-2)20(16(12-28)23(30)29)15-7-5-4-6-8-15/h4-11,19-20H,13,29H2,1-3H3. The summed E-state index contributed by atoms with van der Waals surface area (Å²) in [6.07, 6.45) is -2.77. The van der Waals surface area contributed by atoms with Crippen LogP contribution in [0, 0.1) is 18.3 Å². The molecule has 0 amide bonds. The van der Waals surface area contributed by atoms with E-state index in [1.54, 1.807) is 43.3 Å². The van der Waals surface area contributed by atoms with Crippen molar-refractivity contribution in [3.8, 4) is 11.8 Å². The van der Waals surface area contributed by atoms with Gasteiger partial charge in [0.2, 0.25) is 0 Å². The molecule has 0 saturated heterocycles. The second-order valence-corrected chi connectivity index (χ2v) is 7.51. The highest BCUT2D eigenvalue weighted by molar-refractivity contribution is 6.06. The minimum atomic E-state index is -2.77. The lowest BCUT2D eigenvalue weighted by molar-refractivity contribution is -0.139. The van der Waals surface area contributed by atoms with Crippen LogP contribution in [0.4, 0.5) is 14.5 Å². The van der Waals surface area contributed by atoms with Gasteiger partial charge in [0.25, 0.3) is 6.43 Å². The van der Waals surface area contributed by atoms with Gasteiger partial charge in [0.05, 0.1) is 43.0 Å². The third-order valence-electron chi connectivity index (χ3n) is 5.33. The van der Waals surface area contributed by atoms with E-state index in [9.17, 15) is 23.6 Å². The molecule has 2 aromatic carbocycles. The van der Waals surface area contributed by atoms with E-state index >= 15 is 0 Å². The first-order valence-corrected chi connectivity index (χ1v) is 10.4. The average Bonchev–Trinajstić information content (AvgIpc) is 2.86. The number of nitrogens with zero attached hydrogens (tertiary/aromatic N) is 2. The highest BCUT2D eigenvalue weighted by atomic mass is 19.3. The number of anilines is 1. The molecule has 1 heterocycles. The van der Waals surface area contributed by atoms with Crippen LogP contribution >= 0.6 is 0 Å². The number of nitrogens with two attached hydrogens (primary N) is 1. The Kier molecular flexibility index (Phi) is 7.71. The SMILES string of the molecule is COC(=O)C1=C(C(=O)OC)N(c2cc(C)ccc2OCC(F)F)C(N)=C(C#N)C1c1ccccc1. The molecule has 0 radical (unpaired) electrons. The van der Waals surface area contributed by atoms with E-state index in [2.05, 4.69) is 0 Å². The maximum absolute atomic E-state index is 13.1. The summed E-state index contributed by atoms with van der Waals surface area (Å²) in [6.45, 7) is 0.803. The molecular formula is C25H23F2N3O5. The first-order valence-electron chi connectivity index (χ1n) is 10.4. The van der Waals surface area contributed by atoms with Gasteiger partial charge in [0, 0.05) is 0 Å². The molecule has 1 aliphatic heterocycles. The number of rotatable bonds is 7. The summed E-state index contributed by atoms with van der Waals surface area (Å²) < 4.78 is 41.1. The number of nitriles is 1. The zero-order valence-corrected chi connectivity index (χ0v) is 19.2. The predicted octanol–water partition coefficient (Wildman–Crippen LogP) is 3.54. The lowest BCUT2D eigenvalue weighted by Gasteiger charge is -2.36. The Morgan fingerprint density at radius 1 is 1.11 bits per heavy atom. The zero-order valence-electron chi connectivity index (χ0n) is 19.2. The monoisotopic (exact) mass is 483 g/mol. The van der Waals surface area contributed by atoms with Crippen molar-refractivity contribution in [3.63, 3.8) is 0 Å². The van der Waals surface area contributed by atoms with Crippen molar-refractivity contribution in [2.24, 2.45) is 5.73 Å². The summed E-state index contributed by atoms with van der Waals surface area (Å²) in [4.78, 5) is 27.3. The molecule has 0 spiro atoms. The number of allylic oxidation sites excluding steroid dienone is 1. The van der Waals surface area contributed by atoms with Crippen molar-refractivity contribution in [2.75, 3.05) is 25.7 Å². The van der Waals surface area contributed by atoms with Crippen LogP contribution in [0.2, 0.25) is 0 Å². The van der Waals surface area contributed by atoms with Gasteiger partial charge in [0.15, 0.2) is 0 Å². The van der Waals surface area contributed by atoms with E-state index in [0.29, 0.717) is 11.1 Å². The van der Waals surface area contributed by atoms with Crippen LogP contribution < -0.4 is 15.4 Å². The minimum Gasteiger partial charge on any atom is -0.485 e. The molecule has 0 bridgehead atoms. The first-order chi connectivity index (χ1) is 16.7. The normalized spacial score (nSPS) is 15.7. The van der Waals surface area contributed by atoms with Crippen LogP contribution in [-0.4, -0.2) is 39.2 Å². The fourth-order valence-corrected chi connectivity index (χ4v) is 3.84. The fourth-order valence-electron chi connectivity index (χ4n) is 3.84. The maximum atomic E-state index is 13.1. The van der Waals surface area contributed by atoms with E-state index in [-0.39, 0.29) is 34.1 Å². The quantitative estimate of drug-likeness (QED) is 0.595.